The van der Waals surface area contributed by atoms with Crippen molar-refractivity contribution in [3.8, 4) is 17.0 Å². The largest absolute Gasteiger partial charge is 0.497 e. The molecule has 1 aromatic carbocycles. The number of methoxy groups -OCH3 is 1. The minimum Gasteiger partial charge on any atom is -0.497 e. The molecule has 1 heterocycles. The van der Waals surface area contributed by atoms with Gasteiger partial charge in [0.1, 0.15) is 23.1 Å². The molecule has 0 spiro atoms. The van der Waals surface area contributed by atoms with E-state index in [2.05, 4.69) is 15.9 Å². The number of imidazole rings is 1. The lowest BCUT2D eigenvalue weighted by molar-refractivity contribution is 0.415. The number of halogens is 1. The van der Waals surface area contributed by atoms with Crippen LogP contribution in [-0.2, 0) is 7.05 Å². The molecule has 0 saturated heterocycles. The van der Waals surface area contributed by atoms with Gasteiger partial charge < -0.3 is 15.0 Å². The van der Waals surface area contributed by atoms with Crippen LogP contribution in [0.5, 0.6) is 5.75 Å². The van der Waals surface area contributed by atoms with E-state index in [1.165, 1.54) is 12.8 Å². The molecule has 19 heavy (non-hydrogen) atoms. The van der Waals surface area contributed by atoms with Crippen molar-refractivity contribution in [2.75, 3.05) is 12.8 Å². The number of hydrogen-bond acceptors (Lipinski definition) is 3. The van der Waals surface area contributed by atoms with Crippen LogP contribution in [0.4, 0.5) is 5.82 Å². The summed E-state index contributed by atoms with van der Waals surface area (Å²) < 4.78 is 8.24. The molecular weight excluding hydrogens is 306 g/mol. The highest BCUT2D eigenvalue weighted by molar-refractivity contribution is 9.10. The number of nitrogens with zero attached hydrogens (tertiary/aromatic N) is 2. The number of benzene rings is 1. The lowest BCUT2D eigenvalue weighted by atomic mass is 10.1. The van der Waals surface area contributed by atoms with Crippen LogP contribution >= 0.6 is 15.9 Å². The molecule has 1 aliphatic carbocycles. The summed E-state index contributed by atoms with van der Waals surface area (Å²) in [7, 11) is 3.64. The Morgan fingerprint density at radius 2 is 2.16 bits per heavy atom. The number of ether oxygens (including phenoxy) is 1. The Balaban J connectivity index is 2.13. The molecule has 0 atom stereocenters. The van der Waals surface area contributed by atoms with Gasteiger partial charge in [-0.05, 0) is 31.0 Å². The van der Waals surface area contributed by atoms with Gasteiger partial charge in [-0.1, -0.05) is 15.9 Å². The summed E-state index contributed by atoms with van der Waals surface area (Å²) in [6.07, 6.45) is 2.42. The third kappa shape index (κ3) is 2.12. The molecule has 1 fully saturated rings. The van der Waals surface area contributed by atoms with Gasteiger partial charge in [0, 0.05) is 23.0 Å². The molecule has 1 aliphatic rings. The summed E-state index contributed by atoms with van der Waals surface area (Å²) in [5, 5.41) is 0. The second-order valence-electron chi connectivity index (χ2n) is 4.88. The quantitative estimate of drug-likeness (QED) is 0.943. The van der Waals surface area contributed by atoms with Gasteiger partial charge in [-0.3, -0.25) is 0 Å². The fourth-order valence-corrected chi connectivity index (χ4v) is 2.68. The van der Waals surface area contributed by atoms with Crippen molar-refractivity contribution in [3.05, 3.63) is 28.5 Å². The monoisotopic (exact) mass is 321 g/mol. The van der Waals surface area contributed by atoms with E-state index in [0.29, 0.717) is 11.7 Å². The van der Waals surface area contributed by atoms with Gasteiger partial charge in [-0.25, -0.2) is 4.98 Å². The van der Waals surface area contributed by atoms with E-state index in [9.17, 15) is 0 Å². The summed E-state index contributed by atoms with van der Waals surface area (Å²) in [5.41, 5.74) is 8.00. The second-order valence-corrected chi connectivity index (χ2v) is 5.74. The van der Waals surface area contributed by atoms with Crippen LogP contribution < -0.4 is 10.5 Å². The minimum atomic E-state index is 0.574. The highest BCUT2D eigenvalue weighted by Crippen LogP contribution is 2.43. The number of anilines is 1. The van der Waals surface area contributed by atoms with Gasteiger partial charge in [0.15, 0.2) is 0 Å². The number of aromatic nitrogens is 2. The average molecular weight is 322 g/mol. The molecule has 5 heteroatoms. The average Bonchev–Trinajstić information content (AvgIpc) is 3.20. The van der Waals surface area contributed by atoms with E-state index in [1.807, 2.05) is 29.8 Å². The van der Waals surface area contributed by atoms with Gasteiger partial charge in [0.25, 0.3) is 0 Å². The number of rotatable bonds is 3. The van der Waals surface area contributed by atoms with E-state index in [0.717, 1.165) is 27.3 Å². The Morgan fingerprint density at radius 1 is 1.42 bits per heavy atom. The maximum absolute atomic E-state index is 6.20. The van der Waals surface area contributed by atoms with Gasteiger partial charge in [-0.15, -0.1) is 0 Å². The summed E-state index contributed by atoms with van der Waals surface area (Å²) in [5.74, 6) is 3.17. The fourth-order valence-electron chi connectivity index (χ4n) is 2.25. The zero-order valence-corrected chi connectivity index (χ0v) is 12.6. The molecule has 1 saturated carbocycles. The van der Waals surface area contributed by atoms with Crippen molar-refractivity contribution >= 4 is 21.7 Å². The van der Waals surface area contributed by atoms with Crippen molar-refractivity contribution in [1.29, 1.82) is 0 Å². The summed E-state index contributed by atoms with van der Waals surface area (Å²) in [4.78, 5) is 4.73. The maximum atomic E-state index is 6.20. The molecule has 2 aromatic rings. The Morgan fingerprint density at radius 3 is 2.79 bits per heavy atom. The highest BCUT2D eigenvalue weighted by atomic mass is 79.9. The zero-order chi connectivity index (χ0) is 13.6. The lowest BCUT2D eigenvalue weighted by Crippen LogP contribution is -2.00. The van der Waals surface area contributed by atoms with Gasteiger partial charge >= 0.3 is 0 Å². The number of nitrogen functional groups attached to an aromatic ring is 1. The Labute approximate surface area is 120 Å². The van der Waals surface area contributed by atoms with Crippen molar-refractivity contribution in [2.45, 2.75) is 18.8 Å². The van der Waals surface area contributed by atoms with Crippen molar-refractivity contribution in [3.63, 3.8) is 0 Å². The van der Waals surface area contributed by atoms with Gasteiger partial charge in [0.2, 0.25) is 0 Å². The van der Waals surface area contributed by atoms with Crippen molar-refractivity contribution in [1.82, 2.24) is 9.55 Å². The minimum absolute atomic E-state index is 0.574. The predicted molar refractivity (Wildman–Crippen MR) is 79.3 cm³/mol. The van der Waals surface area contributed by atoms with Crippen molar-refractivity contribution < 1.29 is 4.74 Å². The lowest BCUT2D eigenvalue weighted by Gasteiger charge is -2.06. The molecule has 4 nitrogen and oxygen atoms in total. The molecule has 0 unspecified atom stereocenters. The van der Waals surface area contributed by atoms with Crippen LogP contribution in [0.15, 0.2) is 22.7 Å². The Hall–Kier alpha value is -1.49. The smallest absolute Gasteiger partial charge is 0.131 e. The molecule has 100 valence electrons. The first-order valence-corrected chi connectivity index (χ1v) is 7.07. The van der Waals surface area contributed by atoms with Crippen LogP contribution in [0.25, 0.3) is 11.3 Å². The Bertz CT molecular complexity index is 632. The van der Waals surface area contributed by atoms with Gasteiger partial charge in [0.05, 0.1) is 7.11 Å². The topological polar surface area (TPSA) is 53.1 Å². The molecular formula is C14H16BrN3O. The third-order valence-corrected chi connectivity index (χ3v) is 4.24. The highest BCUT2D eigenvalue weighted by Gasteiger charge is 2.30. The summed E-state index contributed by atoms with van der Waals surface area (Å²) in [6.45, 7) is 0. The maximum Gasteiger partial charge on any atom is 0.131 e. The van der Waals surface area contributed by atoms with Crippen LogP contribution in [0.3, 0.4) is 0 Å². The first kappa shape index (κ1) is 12.5. The van der Waals surface area contributed by atoms with E-state index in [-0.39, 0.29) is 0 Å². The predicted octanol–water partition coefficient (Wildman–Crippen LogP) is 3.32. The number of hydrogen-bond donors (Lipinski definition) is 1. The Kier molecular flexibility index (Phi) is 3.01. The van der Waals surface area contributed by atoms with E-state index in [1.54, 1.807) is 7.11 Å². The molecule has 0 aliphatic heterocycles. The van der Waals surface area contributed by atoms with Crippen LogP contribution in [0, 0.1) is 0 Å². The van der Waals surface area contributed by atoms with E-state index in [4.69, 9.17) is 15.5 Å². The summed E-state index contributed by atoms with van der Waals surface area (Å²) in [6, 6.07) is 5.83. The molecule has 0 amide bonds. The van der Waals surface area contributed by atoms with Crippen LogP contribution in [-0.4, -0.2) is 16.7 Å². The van der Waals surface area contributed by atoms with Crippen LogP contribution in [0.1, 0.15) is 24.6 Å². The SMILES string of the molecule is COc1ccc(Br)c(-c2nc(C3CC3)n(C)c2N)c1. The normalized spacial score (nSPS) is 14.7. The van der Waals surface area contributed by atoms with E-state index >= 15 is 0 Å². The summed E-state index contributed by atoms with van der Waals surface area (Å²) >= 11 is 3.56. The van der Waals surface area contributed by atoms with Crippen LogP contribution in [0.2, 0.25) is 0 Å². The number of nitrogens with two attached hydrogens (primary N) is 1. The second kappa shape index (κ2) is 4.56. The third-order valence-electron chi connectivity index (χ3n) is 3.55. The molecule has 0 bridgehead atoms. The fraction of sp³-hybridized carbons (Fsp3) is 0.357. The molecule has 3 rings (SSSR count). The molecule has 1 aromatic heterocycles. The van der Waals surface area contributed by atoms with Gasteiger partial charge in [-0.2, -0.15) is 0 Å². The van der Waals surface area contributed by atoms with Crippen molar-refractivity contribution in [2.24, 2.45) is 7.05 Å². The van der Waals surface area contributed by atoms with E-state index < -0.39 is 0 Å². The molecule has 2 N–H and O–H groups in total. The standard InChI is InChI=1S/C14H16BrN3O/c1-18-13(16)12(17-14(18)8-3-4-8)10-7-9(19-2)5-6-11(10)15/h5-8H,3-4,16H2,1-2H3. The zero-order valence-electron chi connectivity index (χ0n) is 11.0. The molecule has 0 radical (unpaired) electrons. The first-order chi connectivity index (χ1) is 9.11. The first-order valence-electron chi connectivity index (χ1n) is 6.27.